The Labute approximate surface area is 182 Å². The molecule has 1 saturated heterocycles. The van der Waals surface area contributed by atoms with Crippen LogP contribution in [0.25, 0.3) is 22.1 Å². The standard InChI is InChI=1S/C22H19ClN6O2/c1-13-3-5-17-15(11-13)25-22(31-17)29-9-7-28(8-10-29)20-14(12-24)21(30)27(2)16-4-6-18(23)26-19(16)20/h3-6,11H,7-10H2,1-2H3. The zero-order valence-corrected chi connectivity index (χ0v) is 17.8. The minimum atomic E-state index is -0.342. The van der Waals surface area contributed by atoms with E-state index >= 15 is 0 Å². The summed E-state index contributed by atoms with van der Waals surface area (Å²) in [5, 5.41) is 10.0. The SMILES string of the molecule is Cc1ccc2oc(N3CCN(c4c(C#N)c(=O)n(C)c5ccc(Cl)nc45)CC3)nc2c1. The summed E-state index contributed by atoms with van der Waals surface area (Å²) in [5.41, 5.74) is 4.19. The molecule has 1 aromatic carbocycles. The number of halogens is 1. The van der Waals surface area contributed by atoms with Crippen LogP contribution in [0, 0.1) is 18.3 Å². The number of aryl methyl sites for hydroxylation is 2. The second kappa shape index (κ2) is 7.29. The van der Waals surface area contributed by atoms with Gasteiger partial charge in [-0.1, -0.05) is 17.7 Å². The van der Waals surface area contributed by atoms with Crippen LogP contribution in [-0.2, 0) is 7.05 Å². The van der Waals surface area contributed by atoms with E-state index in [-0.39, 0.29) is 11.1 Å². The van der Waals surface area contributed by atoms with E-state index in [1.54, 1.807) is 19.2 Å². The monoisotopic (exact) mass is 434 g/mol. The molecule has 0 saturated carbocycles. The number of anilines is 2. The first-order valence-corrected chi connectivity index (χ1v) is 10.3. The predicted octanol–water partition coefficient (Wildman–Crippen LogP) is 3.23. The molecule has 3 aromatic heterocycles. The second-order valence-corrected chi connectivity index (χ2v) is 8.03. The average molecular weight is 435 g/mol. The van der Waals surface area contributed by atoms with Crippen molar-refractivity contribution < 1.29 is 4.42 Å². The molecular formula is C22H19ClN6O2. The summed E-state index contributed by atoms with van der Waals surface area (Å²) < 4.78 is 7.37. The van der Waals surface area contributed by atoms with E-state index < -0.39 is 0 Å². The highest BCUT2D eigenvalue weighted by Gasteiger charge is 2.27. The van der Waals surface area contributed by atoms with Crippen molar-refractivity contribution in [2.24, 2.45) is 7.05 Å². The minimum absolute atomic E-state index is 0.0792. The number of benzene rings is 1. The third kappa shape index (κ3) is 3.18. The second-order valence-electron chi connectivity index (χ2n) is 7.64. The number of pyridine rings is 2. The lowest BCUT2D eigenvalue weighted by atomic mass is 10.1. The van der Waals surface area contributed by atoms with Crippen molar-refractivity contribution in [3.05, 3.63) is 57.0 Å². The third-order valence-electron chi connectivity index (χ3n) is 5.69. The summed E-state index contributed by atoms with van der Waals surface area (Å²) in [7, 11) is 1.64. The number of hydrogen-bond acceptors (Lipinski definition) is 7. The van der Waals surface area contributed by atoms with Crippen LogP contribution in [0.5, 0.6) is 0 Å². The molecule has 0 unspecified atom stereocenters. The third-order valence-corrected chi connectivity index (χ3v) is 5.90. The first-order valence-electron chi connectivity index (χ1n) is 9.92. The fourth-order valence-corrected chi connectivity index (χ4v) is 4.21. The number of piperazine rings is 1. The maximum atomic E-state index is 12.8. The Kier molecular flexibility index (Phi) is 4.56. The van der Waals surface area contributed by atoms with Crippen molar-refractivity contribution in [1.82, 2.24) is 14.5 Å². The molecule has 156 valence electrons. The smallest absolute Gasteiger partial charge is 0.298 e. The van der Waals surface area contributed by atoms with Gasteiger partial charge in [0.1, 0.15) is 27.8 Å². The Balaban J connectivity index is 1.50. The highest BCUT2D eigenvalue weighted by atomic mass is 35.5. The van der Waals surface area contributed by atoms with Gasteiger partial charge in [-0.3, -0.25) is 4.79 Å². The first-order chi connectivity index (χ1) is 15.0. The number of nitrogens with zero attached hydrogens (tertiary/aromatic N) is 6. The van der Waals surface area contributed by atoms with Gasteiger partial charge in [0.25, 0.3) is 11.6 Å². The minimum Gasteiger partial charge on any atom is -0.423 e. The molecule has 0 spiro atoms. The largest absolute Gasteiger partial charge is 0.423 e. The summed E-state index contributed by atoms with van der Waals surface area (Å²) in [5.74, 6) is 0. The van der Waals surface area contributed by atoms with E-state index in [9.17, 15) is 10.1 Å². The molecule has 0 aliphatic carbocycles. The lowest BCUT2D eigenvalue weighted by molar-refractivity contribution is 0.542. The zero-order valence-electron chi connectivity index (χ0n) is 17.1. The van der Waals surface area contributed by atoms with Gasteiger partial charge in [0.15, 0.2) is 5.58 Å². The van der Waals surface area contributed by atoms with E-state index in [0.29, 0.717) is 54.1 Å². The van der Waals surface area contributed by atoms with Gasteiger partial charge in [-0.15, -0.1) is 0 Å². The molecular weight excluding hydrogens is 416 g/mol. The molecule has 1 fully saturated rings. The van der Waals surface area contributed by atoms with Crippen LogP contribution in [-0.4, -0.2) is 40.7 Å². The maximum absolute atomic E-state index is 12.8. The summed E-state index contributed by atoms with van der Waals surface area (Å²) in [6.07, 6.45) is 0. The molecule has 4 heterocycles. The van der Waals surface area contributed by atoms with E-state index in [4.69, 9.17) is 16.0 Å². The molecule has 0 N–H and O–H groups in total. The van der Waals surface area contributed by atoms with Crippen molar-refractivity contribution in [2.75, 3.05) is 36.0 Å². The number of oxazole rings is 1. The normalized spacial score (nSPS) is 14.4. The molecule has 9 heteroatoms. The van der Waals surface area contributed by atoms with Crippen molar-refractivity contribution in [3.8, 4) is 6.07 Å². The van der Waals surface area contributed by atoms with E-state index in [2.05, 4.69) is 20.9 Å². The van der Waals surface area contributed by atoms with E-state index in [0.717, 1.165) is 16.7 Å². The van der Waals surface area contributed by atoms with Gasteiger partial charge in [-0.2, -0.15) is 10.2 Å². The van der Waals surface area contributed by atoms with Crippen molar-refractivity contribution in [1.29, 1.82) is 5.26 Å². The number of aromatic nitrogens is 3. The number of rotatable bonds is 2. The lowest BCUT2D eigenvalue weighted by Gasteiger charge is -2.36. The Morgan fingerprint density at radius 3 is 2.58 bits per heavy atom. The van der Waals surface area contributed by atoms with Gasteiger partial charge < -0.3 is 18.8 Å². The molecule has 0 radical (unpaired) electrons. The molecule has 1 aliphatic rings. The zero-order chi connectivity index (χ0) is 21.7. The summed E-state index contributed by atoms with van der Waals surface area (Å²) in [6, 6.07) is 12.0. The molecule has 8 nitrogen and oxygen atoms in total. The van der Waals surface area contributed by atoms with Crippen LogP contribution < -0.4 is 15.4 Å². The van der Waals surface area contributed by atoms with Gasteiger partial charge in [-0.25, -0.2) is 4.98 Å². The van der Waals surface area contributed by atoms with Gasteiger partial charge in [-0.05, 0) is 36.8 Å². The van der Waals surface area contributed by atoms with Gasteiger partial charge in [0, 0.05) is 33.2 Å². The van der Waals surface area contributed by atoms with Gasteiger partial charge >= 0.3 is 0 Å². The quantitative estimate of drug-likeness (QED) is 0.447. The number of hydrogen-bond donors (Lipinski definition) is 0. The molecule has 1 aliphatic heterocycles. The fourth-order valence-electron chi connectivity index (χ4n) is 4.06. The summed E-state index contributed by atoms with van der Waals surface area (Å²) in [6.45, 7) is 4.46. The van der Waals surface area contributed by atoms with Gasteiger partial charge in [0.2, 0.25) is 0 Å². The van der Waals surface area contributed by atoms with Crippen molar-refractivity contribution in [3.63, 3.8) is 0 Å². The van der Waals surface area contributed by atoms with Crippen LogP contribution in [0.3, 0.4) is 0 Å². The van der Waals surface area contributed by atoms with E-state index in [1.807, 2.05) is 30.0 Å². The number of fused-ring (bicyclic) bond motifs is 2. The Morgan fingerprint density at radius 1 is 1.10 bits per heavy atom. The Morgan fingerprint density at radius 2 is 1.84 bits per heavy atom. The molecule has 0 atom stereocenters. The molecule has 5 rings (SSSR count). The van der Waals surface area contributed by atoms with Crippen LogP contribution in [0.4, 0.5) is 11.7 Å². The topological polar surface area (TPSA) is 91.2 Å². The molecule has 31 heavy (non-hydrogen) atoms. The van der Waals surface area contributed by atoms with Crippen LogP contribution in [0.15, 0.2) is 39.5 Å². The average Bonchev–Trinajstić information content (AvgIpc) is 3.19. The van der Waals surface area contributed by atoms with Crippen LogP contribution in [0.1, 0.15) is 11.1 Å². The van der Waals surface area contributed by atoms with Crippen molar-refractivity contribution in [2.45, 2.75) is 6.92 Å². The Hall–Kier alpha value is -3.57. The summed E-state index contributed by atoms with van der Waals surface area (Å²) in [4.78, 5) is 26.0. The lowest BCUT2D eigenvalue weighted by Crippen LogP contribution is -2.47. The molecule has 0 amide bonds. The van der Waals surface area contributed by atoms with Crippen molar-refractivity contribution >= 4 is 45.4 Å². The van der Waals surface area contributed by atoms with Crippen LogP contribution in [0.2, 0.25) is 5.15 Å². The van der Waals surface area contributed by atoms with Gasteiger partial charge in [0.05, 0.1) is 11.2 Å². The summed E-state index contributed by atoms with van der Waals surface area (Å²) >= 11 is 6.14. The molecule has 4 aromatic rings. The number of nitriles is 1. The van der Waals surface area contributed by atoms with Crippen LogP contribution >= 0.6 is 11.6 Å². The highest BCUT2D eigenvalue weighted by molar-refractivity contribution is 6.29. The fraction of sp³-hybridized carbons (Fsp3) is 0.273. The Bertz CT molecular complexity index is 1430. The van der Waals surface area contributed by atoms with E-state index in [1.165, 1.54) is 4.57 Å². The first kappa shape index (κ1) is 19.4. The predicted molar refractivity (Wildman–Crippen MR) is 120 cm³/mol. The maximum Gasteiger partial charge on any atom is 0.298 e. The molecule has 0 bridgehead atoms. The highest BCUT2D eigenvalue weighted by Crippen LogP contribution is 2.30.